The monoisotopic (exact) mass is 239 g/mol. The maximum absolute atomic E-state index is 11.9. The molecule has 0 amide bonds. The fourth-order valence-corrected chi connectivity index (χ4v) is 2.21. The van der Waals surface area contributed by atoms with Crippen molar-refractivity contribution in [3.8, 4) is 0 Å². The molecule has 0 unspecified atom stereocenters. The van der Waals surface area contributed by atoms with Crippen LogP contribution in [0.15, 0.2) is 0 Å². The van der Waals surface area contributed by atoms with E-state index in [9.17, 15) is 9.90 Å². The molecule has 4 nitrogen and oxygen atoms in total. The molecule has 0 aliphatic rings. The van der Waals surface area contributed by atoms with Gasteiger partial charge in [0.2, 0.25) is 0 Å². The SMILES string of the molecule is COC(=O)c1c(C(C)(C)CO)c(C)n(C)c1C. The van der Waals surface area contributed by atoms with Gasteiger partial charge in [0.1, 0.15) is 0 Å². The Bertz CT molecular complexity index is 444. The summed E-state index contributed by atoms with van der Waals surface area (Å²) in [5, 5.41) is 9.49. The molecule has 1 aromatic rings. The zero-order chi connectivity index (χ0) is 13.4. The fraction of sp³-hybridized carbons (Fsp3) is 0.615. The third-order valence-electron chi connectivity index (χ3n) is 3.44. The van der Waals surface area contributed by atoms with Crippen molar-refractivity contribution in [2.45, 2.75) is 33.1 Å². The molecule has 4 heteroatoms. The van der Waals surface area contributed by atoms with Gasteiger partial charge in [-0.25, -0.2) is 4.79 Å². The summed E-state index contributed by atoms with van der Waals surface area (Å²) in [5.74, 6) is -0.345. The lowest BCUT2D eigenvalue weighted by Crippen LogP contribution is -2.25. The van der Waals surface area contributed by atoms with Crippen molar-refractivity contribution < 1.29 is 14.6 Å². The van der Waals surface area contributed by atoms with Gasteiger partial charge in [0.15, 0.2) is 0 Å². The van der Waals surface area contributed by atoms with Gasteiger partial charge in [-0.3, -0.25) is 0 Å². The van der Waals surface area contributed by atoms with Gasteiger partial charge in [0.25, 0.3) is 0 Å². The smallest absolute Gasteiger partial charge is 0.339 e. The Labute approximate surface area is 102 Å². The molecular formula is C13H21NO3. The highest BCUT2D eigenvalue weighted by Gasteiger charge is 2.32. The Hall–Kier alpha value is -1.29. The summed E-state index contributed by atoms with van der Waals surface area (Å²) in [6, 6.07) is 0. The topological polar surface area (TPSA) is 51.5 Å². The number of methoxy groups -OCH3 is 1. The van der Waals surface area contributed by atoms with Crippen LogP contribution < -0.4 is 0 Å². The molecule has 0 aliphatic heterocycles. The van der Waals surface area contributed by atoms with E-state index in [2.05, 4.69) is 0 Å². The molecule has 1 aromatic heterocycles. The molecule has 0 radical (unpaired) electrons. The molecule has 17 heavy (non-hydrogen) atoms. The predicted molar refractivity (Wildman–Crippen MR) is 66.3 cm³/mol. The van der Waals surface area contributed by atoms with Gasteiger partial charge in [-0.15, -0.1) is 0 Å². The van der Waals surface area contributed by atoms with E-state index < -0.39 is 5.41 Å². The maximum Gasteiger partial charge on any atom is 0.339 e. The number of hydrogen-bond acceptors (Lipinski definition) is 3. The fourth-order valence-electron chi connectivity index (χ4n) is 2.21. The van der Waals surface area contributed by atoms with Crippen molar-refractivity contribution >= 4 is 5.97 Å². The van der Waals surface area contributed by atoms with Crippen LogP contribution in [-0.2, 0) is 17.2 Å². The Morgan fingerprint density at radius 2 is 1.88 bits per heavy atom. The third kappa shape index (κ3) is 2.09. The first-order chi connectivity index (χ1) is 7.77. The van der Waals surface area contributed by atoms with E-state index in [1.807, 2.05) is 39.3 Å². The minimum Gasteiger partial charge on any atom is -0.465 e. The summed E-state index contributed by atoms with van der Waals surface area (Å²) >= 11 is 0. The summed E-state index contributed by atoms with van der Waals surface area (Å²) in [6.45, 7) is 7.66. The van der Waals surface area contributed by atoms with Crippen LogP contribution in [0.4, 0.5) is 0 Å². The molecule has 0 bridgehead atoms. The van der Waals surface area contributed by atoms with E-state index in [1.165, 1.54) is 7.11 Å². The molecule has 0 saturated heterocycles. The highest BCUT2D eigenvalue weighted by molar-refractivity contribution is 5.93. The van der Waals surface area contributed by atoms with Crippen LogP contribution in [0, 0.1) is 13.8 Å². The van der Waals surface area contributed by atoms with Crippen LogP contribution >= 0.6 is 0 Å². The Morgan fingerprint density at radius 3 is 2.29 bits per heavy atom. The molecule has 96 valence electrons. The van der Waals surface area contributed by atoms with Crippen LogP contribution in [0.25, 0.3) is 0 Å². The van der Waals surface area contributed by atoms with Crippen molar-refractivity contribution in [2.75, 3.05) is 13.7 Å². The standard InChI is InChI=1S/C13H21NO3/c1-8-10(12(16)17-6)11(9(2)14(8)5)13(3,4)7-15/h15H,7H2,1-6H3. The summed E-state index contributed by atoms with van der Waals surface area (Å²) < 4.78 is 6.79. The zero-order valence-corrected chi connectivity index (χ0v) is 11.4. The Morgan fingerprint density at radius 1 is 1.35 bits per heavy atom. The van der Waals surface area contributed by atoms with E-state index in [-0.39, 0.29) is 12.6 Å². The second-order valence-electron chi connectivity index (χ2n) is 5.01. The molecule has 0 saturated carbocycles. The lowest BCUT2D eigenvalue weighted by atomic mass is 9.82. The van der Waals surface area contributed by atoms with E-state index in [1.54, 1.807) is 0 Å². The number of esters is 1. The number of aliphatic hydroxyl groups is 1. The first-order valence-electron chi connectivity index (χ1n) is 5.63. The van der Waals surface area contributed by atoms with Gasteiger partial charge in [0, 0.05) is 23.9 Å². The Balaban J connectivity index is 3.58. The summed E-state index contributed by atoms with van der Waals surface area (Å²) in [7, 11) is 3.29. The van der Waals surface area contributed by atoms with Gasteiger partial charge >= 0.3 is 5.97 Å². The summed E-state index contributed by atoms with van der Waals surface area (Å²) in [5.41, 5.74) is 2.84. The molecule has 1 heterocycles. The number of rotatable bonds is 3. The molecular weight excluding hydrogens is 218 g/mol. The zero-order valence-electron chi connectivity index (χ0n) is 11.4. The van der Waals surface area contributed by atoms with Crippen molar-refractivity contribution in [3.63, 3.8) is 0 Å². The highest BCUT2D eigenvalue weighted by Crippen LogP contribution is 2.33. The molecule has 0 aliphatic carbocycles. The molecule has 0 atom stereocenters. The van der Waals surface area contributed by atoms with Gasteiger partial charge < -0.3 is 14.4 Å². The number of aliphatic hydroxyl groups excluding tert-OH is 1. The summed E-state index contributed by atoms with van der Waals surface area (Å²) in [4.78, 5) is 11.9. The van der Waals surface area contributed by atoms with Gasteiger partial charge in [-0.1, -0.05) is 13.8 Å². The van der Waals surface area contributed by atoms with E-state index in [4.69, 9.17) is 4.74 Å². The van der Waals surface area contributed by atoms with E-state index in [0.29, 0.717) is 5.56 Å². The predicted octanol–water partition coefficient (Wildman–Crippen LogP) is 1.70. The Kier molecular flexibility index (Phi) is 3.67. The van der Waals surface area contributed by atoms with E-state index in [0.717, 1.165) is 17.0 Å². The van der Waals surface area contributed by atoms with Crippen LogP contribution in [0.1, 0.15) is 41.2 Å². The van der Waals surface area contributed by atoms with Crippen LogP contribution in [-0.4, -0.2) is 29.4 Å². The molecule has 1 N–H and O–H groups in total. The number of carbonyl (C=O) groups excluding carboxylic acids is 1. The van der Waals surface area contributed by atoms with Gasteiger partial charge in [-0.2, -0.15) is 0 Å². The normalized spacial score (nSPS) is 11.7. The third-order valence-corrected chi connectivity index (χ3v) is 3.44. The minimum absolute atomic E-state index is 0.0126. The van der Waals surface area contributed by atoms with Crippen molar-refractivity contribution in [2.24, 2.45) is 7.05 Å². The first-order valence-corrected chi connectivity index (χ1v) is 5.63. The number of nitrogens with zero attached hydrogens (tertiary/aromatic N) is 1. The van der Waals surface area contributed by atoms with Crippen LogP contribution in [0.5, 0.6) is 0 Å². The van der Waals surface area contributed by atoms with Crippen molar-refractivity contribution in [1.29, 1.82) is 0 Å². The average molecular weight is 239 g/mol. The number of carbonyl (C=O) groups is 1. The highest BCUT2D eigenvalue weighted by atomic mass is 16.5. The summed E-state index contributed by atoms with van der Waals surface area (Å²) in [6.07, 6.45) is 0. The van der Waals surface area contributed by atoms with Crippen molar-refractivity contribution in [1.82, 2.24) is 4.57 Å². The second-order valence-corrected chi connectivity index (χ2v) is 5.01. The van der Waals surface area contributed by atoms with Gasteiger partial charge in [0.05, 0.1) is 19.3 Å². The van der Waals surface area contributed by atoms with Gasteiger partial charge in [-0.05, 0) is 19.4 Å². The molecule has 0 fully saturated rings. The second kappa shape index (κ2) is 4.53. The number of aromatic nitrogens is 1. The maximum atomic E-state index is 11.9. The van der Waals surface area contributed by atoms with Crippen LogP contribution in [0.3, 0.4) is 0 Å². The lowest BCUT2D eigenvalue weighted by Gasteiger charge is -2.23. The average Bonchev–Trinajstić information content (AvgIpc) is 2.53. The quantitative estimate of drug-likeness (QED) is 0.817. The number of ether oxygens (including phenoxy) is 1. The van der Waals surface area contributed by atoms with E-state index >= 15 is 0 Å². The van der Waals surface area contributed by atoms with Crippen LogP contribution in [0.2, 0.25) is 0 Å². The lowest BCUT2D eigenvalue weighted by molar-refractivity contribution is 0.0596. The molecule has 0 spiro atoms. The molecule has 0 aromatic carbocycles. The number of hydrogen-bond donors (Lipinski definition) is 1. The first kappa shape index (κ1) is 13.8. The molecule has 1 rings (SSSR count). The largest absolute Gasteiger partial charge is 0.465 e. The van der Waals surface area contributed by atoms with Crippen molar-refractivity contribution in [3.05, 3.63) is 22.5 Å². The minimum atomic E-state index is -0.459.